The van der Waals surface area contributed by atoms with Crippen molar-refractivity contribution in [1.82, 2.24) is 4.90 Å². The zero-order valence-corrected chi connectivity index (χ0v) is 19.5. The summed E-state index contributed by atoms with van der Waals surface area (Å²) in [6.45, 7) is -0.302. The Morgan fingerprint density at radius 3 is 2.00 bits per heavy atom. The lowest BCUT2D eigenvalue weighted by atomic mass is 10.2. The molecule has 0 heterocycles. The fourth-order valence-electron chi connectivity index (χ4n) is 2.88. The van der Waals surface area contributed by atoms with Crippen LogP contribution < -0.4 is 9.04 Å². The summed E-state index contributed by atoms with van der Waals surface area (Å²) < 4.78 is 69.2. The molecule has 0 aliphatic carbocycles. The van der Waals surface area contributed by atoms with Gasteiger partial charge in [-0.3, -0.25) is 14.0 Å². The summed E-state index contributed by atoms with van der Waals surface area (Å²) in [4.78, 5) is 12.9. The predicted molar refractivity (Wildman–Crippen MR) is 119 cm³/mol. The van der Waals surface area contributed by atoms with Gasteiger partial charge in [0.15, 0.2) is 12.0 Å². The van der Waals surface area contributed by atoms with Gasteiger partial charge in [0.05, 0.1) is 24.1 Å². The summed E-state index contributed by atoms with van der Waals surface area (Å²) >= 11 is 5.65. The van der Waals surface area contributed by atoms with Crippen LogP contribution in [0.1, 0.15) is 12.0 Å². The maximum atomic E-state index is 12.7. The van der Waals surface area contributed by atoms with Gasteiger partial charge in [-0.25, -0.2) is 8.42 Å². The summed E-state index contributed by atoms with van der Waals surface area (Å²) in [7, 11) is -2.42. The molecular weight excluding hydrogens is 485 g/mol. The van der Waals surface area contributed by atoms with E-state index >= 15 is 0 Å². The molecule has 0 bridgehead atoms. The molecule has 0 saturated heterocycles. The van der Waals surface area contributed by atoms with E-state index in [-0.39, 0.29) is 30.0 Å². The highest BCUT2D eigenvalue weighted by Crippen LogP contribution is 2.32. The van der Waals surface area contributed by atoms with E-state index in [2.05, 4.69) is 0 Å². The van der Waals surface area contributed by atoms with Gasteiger partial charge in [-0.15, -0.1) is 11.6 Å². The Balaban J connectivity index is 2.23. The van der Waals surface area contributed by atoms with Crippen molar-refractivity contribution in [3.05, 3.63) is 54.1 Å². The van der Waals surface area contributed by atoms with Crippen LogP contribution in [0.4, 0.5) is 18.9 Å². The third kappa shape index (κ3) is 7.32. The molecule has 0 radical (unpaired) electrons. The molecule has 12 heteroatoms. The lowest BCUT2D eigenvalue weighted by Crippen LogP contribution is -2.57. The quantitative estimate of drug-likeness (QED) is 0.283. The number of carbonyl (C=O) groups excluding carboxylic acids is 1. The standard InChI is InChI=1S/C21H24ClF3N2O5S/c1-26(13-3-12-22)20(29,15-28)14-27(33(2,30)31)17-6-10-19(11-7-17)32-18-8-4-16(5-9-18)21(23,24)25/h4-11,15,29H,3,12-14H2,1-2H3/t20-/m0/s1. The van der Waals surface area contributed by atoms with Crippen molar-refractivity contribution in [3.63, 3.8) is 0 Å². The van der Waals surface area contributed by atoms with E-state index in [0.29, 0.717) is 12.3 Å². The highest BCUT2D eigenvalue weighted by Gasteiger charge is 2.37. The first-order valence-corrected chi connectivity index (χ1v) is 12.1. The highest BCUT2D eigenvalue weighted by molar-refractivity contribution is 7.92. The van der Waals surface area contributed by atoms with Crippen LogP contribution in [0.3, 0.4) is 0 Å². The van der Waals surface area contributed by atoms with E-state index in [1.165, 1.54) is 48.3 Å². The molecule has 1 atom stereocenters. The number of hydrogen-bond donors (Lipinski definition) is 1. The molecule has 0 fully saturated rings. The van der Waals surface area contributed by atoms with Gasteiger partial charge in [-0.05, 0) is 62.0 Å². The number of alkyl halides is 4. The van der Waals surface area contributed by atoms with E-state index in [1.807, 2.05) is 0 Å². The number of sulfonamides is 1. The number of aliphatic hydroxyl groups is 1. The summed E-state index contributed by atoms with van der Waals surface area (Å²) in [5.74, 6) is 0.707. The molecule has 0 aliphatic heterocycles. The van der Waals surface area contributed by atoms with Crippen LogP contribution in [0.15, 0.2) is 48.5 Å². The fraction of sp³-hybridized carbons (Fsp3) is 0.381. The Morgan fingerprint density at radius 1 is 1.06 bits per heavy atom. The van der Waals surface area contributed by atoms with Gasteiger partial charge >= 0.3 is 6.18 Å². The molecule has 182 valence electrons. The molecule has 2 aromatic rings. The Hall–Kier alpha value is -2.34. The van der Waals surface area contributed by atoms with Crippen LogP contribution in [-0.2, 0) is 21.0 Å². The van der Waals surface area contributed by atoms with Crippen molar-refractivity contribution in [2.75, 3.05) is 36.6 Å². The van der Waals surface area contributed by atoms with Crippen LogP contribution in [0.2, 0.25) is 0 Å². The molecule has 0 aliphatic rings. The van der Waals surface area contributed by atoms with E-state index in [1.54, 1.807) is 0 Å². The van der Waals surface area contributed by atoms with Crippen LogP contribution in [0.5, 0.6) is 11.5 Å². The smallest absolute Gasteiger partial charge is 0.416 e. The van der Waals surface area contributed by atoms with Crippen molar-refractivity contribution in [3.8, 4) is 11.5 Å². The number of aldehydes is 1. The van der Waals surface area contributed by atoms with Gasteiger partial charge in [0, 0.05) is 12.4 Å². The molecule has 0 saturated carbocycles. The normalized spacial score (nSPS) is 14.1. The number of nitrogens with zero attached hydrogens (tertiary/aromatic N) is 2. The first kappa shape index (κ1) is 26.9. The van der Waals surface area contributed by atoms with E-state index in [4.69, 9.17) is 16.3 Å². The number of anilines is 1. The average molecular weight is 509 g/mol. The molecule has 1 N–H and O–H groups in total. The second kappa shape index (κ2) is 10.7. The second-order valence-electron chi connectivity index (χ2n) is 7.35. The molecule has 0 aromatic heterocycles. The first-order valence-electron chi connectivity index (χ1n) is 9.69. The van der Waals surface area contributed by atoms with E-state index < -0.39 is 34.0 Å². The third-order valence-electron chi connectivity index (χ3n) is 4.80. The van der Waals surface area contributed by atoms with Crippen LogP contribution in [0, 0.1) is 0 Å². The maximum Gasteiger partial charge on any atom is 0.416 e. The lowest BCUT2D eigenvalue weighted by Gasteiger charge is -2.36. The number of benzene rings is 2. The fourth-order valence-corrected chi connectivity index (χ4v) is 3.93. The minimum atomic E-state index is -4.46. The van der Waals surface area contributed by atoms with E-state index in [9.17, 15) is 31.5 Å². The molecule has 0 spiro atoms. The van der Waals surface area contributed by atoms with Crippen molar-refractivity contribution in [2.24, 2.45) is 0 Å². The monoisotopic (exact) mass is 508 g/mol. The number of carbonyl (C=O) groups is 1. The Morgan fingerprint density at radius 2 is 1.58 bits per heavy atom. The minimum absolute atomic E-state index is 0.156. The van der Waals surface area contributed by atoms with Gasteiger partial charge in [0.25, 0.3) is 0 Å². The van der Waals surface area contributed by atoms with Crippen molar-refractivity contribution >= 4 is 33.6 Å². The summed E-state index contributed by atoms with van der Waals surface area (Å²) in [6.07, 6.45) is -2.79. The topological polar surface area (TPSA) is 87.2 Å². The third-order valence-corrected chi connectivity index (χ3v) is 6.20. The Kier molecular flexibility index (Phi) is 8.75. The molecule has 0 amide bonds. The summed E-state index contributed by atoms with van der Waals surface area (Å²) in [5.41, 5.74) is -2.75. The summed E-state index contributed by atoms with van der Waals surface area (Å²) in [6, 6.07) is 9.73. The SMILES string of the molecule is CN(CCCCl)[C@@](O)(C=O)CN(c1ccc(Oc2ccc(C(F)(F)F)cc2)cc1)S(C)(=O)=O. The zero-order valence-electron chi connectivity index (χ0n) is 17.9. The van der Waals surface area contributed by atoms with Crippen molar-refractivity contribution in [1.29, 1.82) is 0 Å². The average Bonchev–Trinajstić information content (AvgIpc) is 2.75. The molecule has 33 heavy (non-hydrogen) atoms. The molecular formula is C21H24ClF3N2O5S. The molecule has 2 rings (SSSR count). The van der Waals surface area contributed by atoms with Crippen LogP contribution >= 0.6 is 11.6 Å². The number of likely N-dealkylation sites (N-methyl/N-ethyl adjacent to an activating group) is 1. The number of halogens is 4. The Labute approximate surface area is 195 Å². The predicted octanol–water partition coefficient (Wildman–Crippen LogP) is 3.71. The van der Waals surface area contributed by atoms with Crippen LogP contribution in [0.25, 0.3) is 0 Å². The highest BCUT2D eigenvalue weighted by atomic mass is 35.5. The van der Waals surface area contributed by atoms with E-state index in [0.717, 1.165) is 22.7 Å². The molecule has 0 unspecified atom stereocenters. The first-order chi connectivity index (χ1) is 15.3. The van der Waals surface area contributed by atoms with Gasteiger partial charge < -0.3 is 9.84 Å². The van der Waals surface area contributed by atoms with Crippen molar-refractivity contribution in [2.45, 2.75) is 18.3 Å². The summed E-state index contributed by atoms with van der Waals surface area (Å²) in [5, 5.41) is 10.7. The Bertz CT molecular complexity index is 1030. The largest absolute Gasteiger partial charge is 0.457 e. The van der Waals surface area contributed by atoms with Gasteiger partial charge in [-0.1, -0.05) is 0 Å². The lowest BCUT2D eigenvalue weighted by molar-refractivity contribution is -0.141. The number of ether oxygens (including phenoxy) is 1. The minimum Gasteiger partial charge on any atom is -0.457 e. The van der Waals surface area contributed by atoms with Crippen LogP contribution in [-0.4, -0.2) is 62.7 Å². The van der Waals surface area contributed by atoms with Gasteiger partial charge in [0.2, 0.25) is 10.0 Å². The number of rotatable bonds is 11. The molecule has 7 nitrogen and oxygen atoms in total. The zero-order chi connectivity index (χ0) is 24.9. The number of hydrogen-bond acceptors (Lipinski definition) is 6. The van der Waals surface area contributed by atoms with Gasteiger partial charge in [0.1, 0.15) is 11.5 Å². The maximum absolute atomic E-state index is 12.7. The molecule has 2 aromatic carbocycles. The van der Waals surface area contributed by atoms with Crippen molar-refractivity contribution < 1.29 is 36.2 Å². The second-order valence-corrected chi connectivity index (χ2v) is 9.63. The van der Waals surface area contributed by atoms with Gasteiger partial charge in [-0.2, -0.15) is 13.2 Å².